The van der Waals surface area contributed by atoms with Crippen LogP contribution in [0.1, 0.15) is 34.7 Å². The molecule has 3 N–H and O–H groups in total. The first kappa shape index (κ1) is 14.1. The normalized spacial score (nSPS) is 20.6. The van der Waals surface area contributed by atoms with Crippen molar-refractivity contribution in [2.45, 2.75) is 24.8 Å². The zero-order valence-electron chi connectivity index (χ0n) is 11.6. The second kappa shape index (κ2) is 5.90. The van der Waals surface area contributed by atoms with E-state index in [0.29, 0.717) is 17.5 Å². The first-order valence-corrected chi connectivity index (χ1v) is 7.83. The zero-order chi connectivity index (χ0) is 14.8. The smallest absolute Gasteiger partial charge is 0.248 e. The number of nitrogens with two attached hydrogens (primary N) is 1. The van der Waals surface area contributed by atoms with Gasteiger partial charge in [-0.05, 0) is 48.6 Å². The summed E-state index contributed by atoms with van der Waals surface area (Å²) in [6.45, 7) is 0. The Morgan fingerprint density at radius 1 is 1.14 bits per heavy atom. The monoisotopic (exact) mass is 344 g/mol. The average Bonchev–Trinajstić information content (AvgIpc) is 2.44. The lowest BCUT2D eigenvalue weighted by Gasteiger charge is -2.37. The standard InChI is InChI=1S/C17H17BrN2O/c18-16-7-2-1-6-15(16)12-9-14(10-12)20-13-5-3-4-11(8-13)17(19)21/h1-8,12,14,20H,9-10H2,(H2,19,21). The highest BCUT2D eigenvalue weighted by atomic mass is 79.9. The van der Waals surface area contributed by atoms with Crippen LogP contribution >= 0.6 is 15.9 Å². The predicted octanol–water partition coefficient (Wildman–Crippen LogP) is 3.91. The van der Waals surface area contributed by atoms with Gasteiger partial charge in [0.2, 0.25) is 5.91 Å². The van der Waals surface area contributed by atoms with Gasteiger partial charge in [0.1, 0.15) is 0 Å². The van der Waals surface area contributed by atoms with Crippen LogP contribution in [0.25, 0.3) is 0 Å². The second-order valence-corrected chi connectivity index (χ2v) is 6.33. The third-order valence-corrected chi connectivity index (χ3v) is 4.72. The van der Waals surface area contributed by atoms with Crippen molar-refractivity contribution in [3.8, 4) is 0 Å². The number of hydrogen-bond donors (Lipinski definition) is 2. The van der Waals surface area contributed by atoms with E-state index in [1.807, 2.05) is 24.3 Å². The van der Waals surface area contributed by atoms with Gasteiger partial charge >= 0.3 is 0 Å². The Morgan fingerprint density at radius 3 is 2.62 bits per heavy atom. The van der Waals surface area contributed by atoms with E-state index in [1.165, 1.54) is 10.0 Å². The quantitative estimate of drug-likeness (QED) is 0.883. The van der Waals surface area contributed by atoms with Crippen LogP contribution in [0, 0.1) is 0 Å². The van der Waals surface area contributed by atoms with E-state index in [1.54, 1.807) is 6.07 Å². The number of nitrogens with one attached hydrogen (secondary N) is 1. The number of benzene rings is 2. The highest BCUT2D eigenvalue weighted by molar-refractivity contribution is 9.10. The van der Waals surface area contributed by atoms with Crippen molar-refractivity contribution in [1.82, 2.24) is 0 Å². The minimum Gasteiger partial charge on any atom is -0.382 e. The molecule has 0 aromatic heterocycles. The van der Waals surface area contributed by atoms with Crippen LogP contribution in [0.15, 0.2) is 53.0 Å². The van der Waals surface area contributed by atoms with E-state index in [4.69, 9.17) is 5.73 Å². The van der Waals surface area contributed by atoms with E-state index >= 15 is 0 Å². The minimum atomic E-state index is -0.390. The van der Waals surface area contributed by atoms with Crippen molar-refractivity contribution in [1.29, 1.82) is 0 Å². The van der Waals surface area contributed by atoms with Crippen molar-refractivity contribution in [3.63, 3.8) is 0 Å². The van der Waals surface area contributed by atoms with E-state index in [9.17, 15) is 4.79 Å². The Balaban J connectivity index is 1.61. The van der Waals surface area contributed by atoms with Gasteiger partial charge in [0.25, 0.3) is 0 Å². The van der Waals surface area contributed by atoms with Crippen molar-refractivity contribution in [2.24, 2.45) is 5.73 Å². The molecule has 1 fully saturated rings. The van der Waals surface area contributed by atoms with E-state index in [0.717, 1.165) is 18.5 Å². The molecule has 0 saturated heterocycles. The molecule has 2 aromatic rings. The molecular formula is C17H17BrN2O. The van der Waals surface area contributed by atoms with Crippen LogP contribution in [-0.2, 0) is 0 Å². The number of halogens is 1. The highest BCUT2D eigenvalue weighted by Crippen LogP contribution is 2.41. The fourth-order valence-corrected chi connectivity index (χ4v) is 3.40. The van der Waals surface area contributed by atoms with Crippen LogP contribution in [0.4, 0.5) is 5.69 Å². The van der Waals surface area contributed by atoms with E-state index in [-0.39, 0.29) is 0 Å². The fourth-order valence-electron chi connectivity index (χ4n) is 2.79. The van der Waals surface area contributed by atoms with Crippen LogP contribution in [0.3, 0.4) is 0 Å². The van der Waals surface area contributed by atoms with Gasteiger partial charge in [-0.25, -0.2) is 0 Å². The average molecular weight is 345 g/mol. The number of primary amides is 1. The molecule has 0 bridgehead atoms. The summed E-state index contributed by atoms with van der Waals surface area (Å²) in [6, 6.07) is 16.2. The lowest BCUT2D eigenvalue weighted by Crippen LogP contribution is -2.34. The SMILES string of the molecule is NC(=O)c1cccc(NC2CC(c3ccccc3Br)C2)c1. The van der Waals surface area contributed by atoms with Crippen molar-refractivity contribution in [3.05, 3.63) is 64.1 Å². The number of carbonyl (C=O) groups excluding carboxylic acids is 1. The fraction of sp³-hybridized carbons (Fsp3) is 0.235. The number of hydrogen-bond acceptors (Lipinski definition) is 2. The molecule has 0 radical (unpaired) electrons. The van der Waals surface area contributed by atoms with E-state index in [2.05, 4.69) is 39.4 Å². The van der Waals surface area contributed by atoms with Crippen LogP contribution < -0.4 is 11.1 Å². The van der Waals surface area contributed by atoms with Gasteiger partial charge in [-0.2, -0.15) is 0 Å². The van der Waals surface area contributed by atoms with E-state index < -0.39 is 5.91 Å². The maximum atomic E-state index is 11.2. The summed E-state index contributed by atoms with van der Waals surface area (Å²) in [6.07, 6.45) is 2.20. The summed E-state index contributed by atoms with van der Waals surface area (Å²) >= 11 is 3.61. The Morgan fingerprint density at radius 2 is 1.90 bits per heavy atom. The number of rotatable bonds is 4. The lowest BCUT2D eigenvalue weighted by atomic mass is 9.76. The molecule has 21 heavy (non-hydrogen) atoms. The first-order chi connectivity index (χ1) is 10.1. The topological polar surface area (TPSA) is 55.1 Å². The molecule has 3 nitrogen and oxygen atoms in total. The molecule has 1 aliphatic rings. The van der Waals surface area contributed by atoms with Crippen molar-refractivity contribution < 1.29 is 4.79 Å². The summed E-state index contributed by atoms with van der Waals surface area (Å²) in [5, 5.41) is 3.47. The number of anilines is 1. The molecule has 1 amide bonds. The summed E-state index contributed by atoms with van der Waals surface area (Å²) in [7, 11) is 0. The van der Waals surface area contributed by atoms with Gasteiger partial charge in [0.05, 0.1) is 0 Å². The van der Waals surface area contributed by atoms with Gasteiger partial charge in [-0.3, -0.25) is 4.79 Å². The number of amides is 1. The molecule has 0 unspecified atom stereocenters. The predicted molar refractivity (Wildman–Crippen MR) is 88.5 cm³/mol. The molecule has 0 spiro atoms. The molecule has 2 aromatic carbocycles. The Kier molecular flexibility index (Phi) is 3.97. The molecule has 3 rings (SSSR count). The molecule has 108 valence electrons. The molecular weight excluding hydrogens is 328 g/mol. The number of carbonyl (C=O) groups is 1. The lowest BCUT2D eigenvalue weighted by molar-refractivity contribution is 0.100. The van der Waals surface area contributed by atoms with Gasteiger partial charge in [-0.15, -0.1) is 0 Å². The highest BCUT2D eigenvalue weighted by Gasteiger charge is 2.31. The van der Waals surface area contributed by atoms with Crippen LogP contribution in [0.2, 0.25) is 0 Å². The van der Waals surface area contributed by atoms with Gasteiger partial charge in [0, 0.05) is 21.8 Å². The summed E-state index contributed by atoms with van der Waals surface area (Å²) in [5.74, 6) is 0.204. The van der Waals surface area contributed by atoms with Gasteiger partial charge < -0.3 is 11.1 Å². The molecule has 0 atom stereocenters. The van der Waals surface area contributed by atoms with Crippen LogP contribution in [-0.4, -0.2) is 11.9 Å². The van der Waals surface area contributed by atoms with Crippen LogP contribution in [0.5, 0.6) is 0 Å². The molecule has 1 saturated carbocycles. The molecule has 0 heterocycles. The van der Waals surface area contributed by atoms with Gasteiger partial charge in [0.15, 0.2) is 0 Å². The Labute approximate surface area is 132 Å². The summed E-state index contributed by atoms with van der Waals surface area (Å²) in [5.41, 5.74) is 8.18. The third kappa shape index (κ3) is 3.10. The largest absolute Gasteiger partial charge is 0.382 e. The molecule has 0 aliphatic heterocycles. The van der Waals surface area contributed by atoms with Crippen molar-refractivity contribution >= 4 is 27.5 Å². The second-order valence-electron chi connectivity index (χ2n) is 5.48. The molecule has 1 aliphatic carbocycles. The maximum Gasteiger partial charge on any atom is 0.248 e. The minimum absolute atomic E-state index is 0.390. The zero-order valence-corrected chi connectivity index (χ0v) is 13.1. The third-order valence-electron chi connectivity index (χ3n) is 4.00. The Bertz CT molecular complexity index is 665. The van der Waals surface area contributed by atoms with Crippen molar-refractivity contribution in [2.75, 3.05) is 5.32 Å². The van der Waals surface area contributed by atoms with Gasteiger partial charge in [-0.1, -0.05) is 40.2 Å². The summed E-state index contributed by atoms with van der Waals surface area (Å²) in [4.78, 5) is 11.2. The molecule has 4 heteroatoms. The first-order valence-electron chi connectivity index (χ1n) is 7.04. The Hall–Kier alpha value is -1.81. The maximum absolute atomic E-state index is 11.2. The summed E-state index contributed by atoms with van der Waals surface area (Å²) < 4.78 is 1.18.